The summed E-state index contributed by atoms with van der Waals surface area (Å²) in [6, 6.07) is 27.2. The number of para-hydroxylation sites is 2. The summed E-state index contributed by atoms with van der Waals surface area (Å²) >= 11 is 0. The number of anilines is 2. The molecule has 1 aliphatic heterocycles. The van der Waals surface area contributed by atoms with E-state index in [1.54, 1.807) is 0 Å². The van der Waals surface area contributed by atoms with Gasteiger partial charge in [-0.25, -0.2) is 0 Å². The average molecular weight is 441 g/mol. The van der Waals surface area contributed by atoms with Crippen molar-refractivity contribution in [3.05, 3.63) is 96.1 Å². The Hall–Kier alpha value is -3.40. The van der Waals surface area contributed by atoms with E-state index in [0.717, 1.165) is 36.2 Å². The van der Waals surface area contributed by atoms with Crippen molar-refractivity contribution in [1.82, 2.24) is 0 Å². The smallest absolute Gasteiger partial charge is 0.258 e. The molecule has 4 nitrogen and oxygen atoms in total. The number of fused-ring (bicyclic) bond motifs is 1. The molecule has 0 fully saturated rings. The second-order valence-corrected chi connectivity index (χ2v) is 8.76. The van der Waals surface area contributed by atoms with Crippen molar-refractivity contribution in [2.24, 2.45) is 0 Å². The Morgan fingerprint density at radius 1 is 0.879 bits per heavy atom. The Balaban J connectivity index is 1.74. The summed E-state index contributed by atoms with van der Waals surface area (Å²) in [5.41, 5.74) is 3.49. The van der Waals surface area contributed by atoms with E-state index in [-0.39, 0.29) is 23.9 Å². The summed E-state index contributed by atoms with van der Waals surface area (Å²) in [4.78, 5) is 30.9. The number of hydrogen-bond donors (Lipinski definition) is 0. The Labute approximate surface area is 196 Å². The number of rotatable bonds is 7. The van der Waals surface area contributed by atoms with Crippen molar-refractivity contribution in [3.8, 4) is 0 Å². The predicted molar refractivity (Wildman–Crippen MR) is 135 cm³/mol. The van der Waals surface area contributed by atoms with Gasteiger partial charge in [0.05, 0.1) is 6.04 Å². The van der Waals surface area contributed by atoms with Crippen molar-refractivity contribution in [3.63, 3.8) is 0 Å². The molecule has 3 aromatic rings. The van der Waals surface area contributed by atoms with E-state index in [4.69, 9.17) is 0 Å². The minimum Gasteiger partial charge on any atom is -0.305 e. The summed E-state index contributed by atoms with van der Waals surface area (Å²) in [7, 11) is 0. The number of benzene rings is 3. The van der Waals surface area contributed by atoms with Crippen molar-refractivity contribution < 1.29 is 9.59 Å². The first-order valence-electron chi connectivity index (χ1n) is 12.0. The summed E-state index contributed by atoms with van der Waals surface area (Å²) in [5, 5.41) is 0. The number of unbranched alkanes of at least 4 members (excludes halogenated alkanes) is 2. The molecular formula is C29H32N2O2. The van der Waals surface area contributed by atoms with Gasteiger partial charge in [0.15, 0.2) is 0 Å². The van der Waals surface area contributed by atoms with Crippen molar-refractivity contribution in [2.45, 2.75) is 58.0 Å². The maximum atomic E-state index is 13.5. The minimum atomic E-state index is -0.118. The highest BCUT2D eigenvalue weighted by Gasteiger charge is 2.38. The zero-order chi connectivity index (χ0) is 23.2. The maximum Gasteiger partial charge on any atom is 0.258 e. The highest BCUT2D eigenvalue weighted by atomic mass is 16.2. The van der Waals surface area contributed by atoms with E-state index in [9.17, 15) is 9.59 Å². The third kappa shape index (κ3) is 4.85. The Kier molecular flexibility index (Phi) is 7.23. The molecule has 0 bridgehead atoms. The summed E-state index contributed by atoms with van der Waals surface area (Å²) in [5.74, 6) is 0.138. The summed E-state index contributed by atoms with van der Waals surface area (Å²) in [6.07, 6.45) is 4.23. The monoisotopic (exact) mass is 440 g/mol. The quantitative estimate of drug-likeness (QED) is 0.380. The molecule has 2 atom stereocenters. The molecule has 33 heavy (non-hydrogen) atoms. The molecule has 1 aliphatic rings. The standard InChI is InChI=1S/C29H32N2O2/c1-3-4-7-20-28(32)31(24-16-10-6-11-17-24)27-21-22(2)30(26-19-13-12-18-25(26)27)29(33)23-14-8-5-9-15-23/h5-6,8-19,22,27H,3-4,7,20-21H2,1-2H3. The Bertz CT molecular complexity index is 1080. The zero-order valence-corrected chi connectivity index (χ0v) is 19.5. The molecule has 0 saturated carbocycles. The zero-order valence-electron chi connectivity index (χ0n) is 19.5. The summed E-state index contributed by atoms with van der Waals surface area (Å²) < 4.78 is 0. The average Bonchev–Trinajstić information content (AvgIpc) is 2.85. The van der Waals surface area contributed by atoms with Gasteiger partial charge in [0.1, 0.15) is 0 Å². The van der Waals surface area contributed by atoms with Crippen LogP contribution < -0.4 is 9.80 Å². The number of hydrogen-bond acceptors (Lipinski definition) is 2. The second kappa shape index (κ2) is 10.5. The van der Waals surface area contributed by atoms with E-state index in [1.165, 1.54) is 0 Å². The normalized spacial score (nSPS) is 17.3. The first kappa shape index (κ1) is 22.8. The third-order valence-electron chi connectivity index (χ3n) is 6.41. The molecule has 0 aliphatic carbocycles. The second-order valence-electron chi connectivity index (χ2n) is 8.76. The van der Waals surface area contributed by atoms with Crippen LogP contribution in [-0.2, 0) is 4.79 Å². The van der Waals surface area contributed by atoms with Gasteiger partial charge >= 0.3 is 0 Å². The lowest BCUT2D eigenvalue weighted by molar-refractivity contribution is -0.119. The summed E-state index contributed by atoms with van der Waals surface area (Å²) in [6.45, 7) is 4.23. The van der Waals surface area contributed by atoms with Crippen LogP contribution in [0.3, 0.4) is 0 Å². The number of nitrogens with zero attached hydrogens (tertiary/aromatic N) is 2. The molecule has 4 rings (SSSR count). The SMILES string of the molecule is CCCCCC(=O)N(c1ccccc1)C1CC(C)N(C(=O)c2ccccc2)c2ccccc21. The molecule has 4 heteroatoms. The highest BCUT2D eigenvalue weighted by Crippen LogP contribution is 2.43. The van der Waals surface area contributed by atoms with Crippen molar-refractivity contribution >= 4 is 23.2 Å². The van der Waals surface area contributed by atoms with Crippen molar-refractivity contribution in [2.75, 3.05) is 9.80 Å². The fraction of sp³-hybridized carbons (Fsp3) is 0.310. The van der Waals surface area contributed by atoms with E-state index >= 15 is 0 Å². The van der Waals surface area contributed by atoms with Gasteiger partial charge in [-0.1, -0.05) is 74.4 Å². The van der Waals surface area contributed by atoms with E-state index in [0.29, 0.717) is 18.4 Å². The fourth-order valence-corrected chi connectivity index (χ4v) is 4.79. The fourth-order valence-electron chi connectivity index (χ4n) is 4.79. The molecule has 0 spiro atoms. The van der Waals surface area contributed by atoms with Crippen LogP contribution >= 0.6 is 0 Å². The molecule has 0 aromatic heterocycles. The first-order valence-corrected chi connectivity index (χ1v) is 12.0. The third-order valence-corrected chi connectivity index (χ3v) is 6.41. The lowest BCUT2D eigenvalue weighted by Gasteiger charge is -2.43. The number of carbonyl (C=O) groups excluding carboxylic acids is 2. The van der Waals surface area contributed by atoms with Crippen LogP contribution in [0.5, 0.6) is 0 Å². The maximum absolute atomic E-state index is 13.5. The Morgan fingerprint density at radius 3 is 2.21 bits per heavy atom. The van der Waals surface area contributed by atoms with Gasteiger partial charge in [-0.15, -0.1) is 0 Å². The minimum absolute atomic E-state index is 0.00506. The Morgan fingerprint density at radius 2 is 1.52 bits per heavy atom. The van der Waals surface area contributed by atoms with E-state index < -0.39 is 0 Å². The molecule has 0 radical (unpaired) electrons. The topological polar surface area (TPSA) is 40.6 Å². The molecule has 2 amide bonds. The molecule has 170 valence electrons. The van der Waals surface area contributed by atoms with Crippen LogP contribution in [0.25, 0.3) is 0 Å². The van der Waals surface area contributed by atoms with E-state index in [1.807, 2.05) is 88.7 Å². The van der Waals surface area contributed by atoms with Gasteiger partial charge in [0.2, 0.25) is 5.91 Å². The number of carbonyl (C=O) groups is 2. The molecule has 0 saturated heterocycles. The largest absolute Gasteiger partial charge is 0.305 e. The van der Waals surface area contributed by atoms with E-state index in [2.05, 4.69) is 19.9 Å². The molecule has 0 N–H and O–H groups in total. The van der Waals surface area contributed by atoms with Crippen LogP contribution in [0.2, 0.25) is 0 Å². The van der Waals surface area contributed by atoms with Gasteiger partial charge in [0, 0.05) is 29.4 Å². The lowest BCUT2D eigenvalue weighted by Crippen LogP contribution is -2.47. The van der Waals surface area contributed by atoms with Gasteiger partial charge in [-0.2, -0.15) is 0 Å². The van der Waals surface area contributed by atoms with Gasteiger partial charge in [-0.3, -0.25) is 9.59 Å². The predicted octanol–water partition coefficient (Wildman–Crippen LogP) is 6.78. The lowest BCUT2D eigenvalue weighted by atomic mass is 9.89. The van der Waals surface area contributed by atoms with Gasteiger partial charge in [0.25, 0.3) is 5.91 Å². The van der Waals surface area contributed by atoms with Crippen LogP contribution in [-0.4, -0.2) is 17.9 Å². The molecule has 1 heterocycles. The molecule has 3 aromatic carbocycles. The van der Waals surface area contributed by atoms with Gasteiger partial charge < -0.3 is 9.80 Å². The first-order chi connectivity index (χ1) is 16.1. The van der Waals surface area contributed by atoms with Crippen LogP contribution in [0.15, 0.2) is 84.9 Å². The van der Waals surface area contributed by atoms with Crippen LogP contribution in [0.4, 0.5) is 11.4 Å². The van der Waals surface area contributed by atoms with Crippen LogP contribution in [0, 0.1) is 0 Å². The molecular weight excluding hydrogens is 408 g/mol. The van der Waals surface area contributed by atoms with Crippen molar-refractivity contribution in [1.29, 1.82) is 0 Å². The number of amides is 2. The van der Waals surface area contributed by atoms with Crippen LogP contribution in [0.1, 0.15) is 67.9 Å². The van der Waals surface area contributed by atoms with Gasteiger partial charge in [-0.05, 0) is 55.7 Å². The molecule has 2 unspecified atom stereocenters. The highest BCUT2D eigenvalue weighted by molar-refractivity contribution is 6.07.